The Hall–Kier alpha value is -2.73. The van der Waals surface area contributed by atoms with E-state index in [2.05, 4.69) is 24.7 Å². The summed E-state index contributed by atoms with van der Waals surface area (Å²) in [6.07, 6.45) is 0.931. The lowest BCUT2D eigenvalue weighted by atomic mass is 10.1. The highest BCUT2D eigenvalue weighted by atomic mass is 35.5. The lowest BCUT2D eigenvalue weighted by Gasteiger charge is -2.11. The number of hydrogen-bond donors (Lipinski definition) is 2. The predicted molar refractivity (Wildman–Crippen MR) is 104 cm³/mol. The monoisotopic (exact) mass is 390 g/mol. The van der Waals surface area contributed by atoms with Crippen LogP contribution >= 0.6 is 11.6 Å². The van der Waals surface area contributed by atoms with Crippen LogP contribution in [0, 0.1) is 5.92 Å². The number of ether oxygens (including phenoxy) is 2. The molecule has 2 rings (SSSR count). The third kappa shape index (κ3) is 7.58. The Kier molecular flexibility index (Phi) is 7.95. The molecule has 2 aromatic rings. The molecule has 0 aliphatic heterocycles. The highest BCUT2D eigenvalue weighted by Crippen LogP contribution is 2.15. The van der Waals surface area contributed by atoms with Gasteiger partial charge in [0.15, 0.2) is 6.61 Å². The second-order valence-electron chi connectivity index (χ2n) is 6.30. The number of carbonyl (C=O) groups is 2. The largest absolute Gasteiger partial charge is 0.494 e. The molecule has 0 spiro atoms. The lowest BCUT2D eigenvalue weighted by molar-refractivity contribution is -0.123. The van der Waals surface area contributed by atoms with Crippen LogP contribution in [0.5, 0.6) is 11.5 Å². The average Bonchev–Trinajstić information content (AvgIpc) is 2.65. The van der Waals surface area contributed by atoms with E-state index in [-0.39, 0.29) is 6.61 Å². The minimum Gasteiger partial charge on any atom is -0.494 e. The van der Waals surface area contributed by atoms with E-state index >= 15 is 0 Å². The maximum Gasteiger partial charge on any atom is 0.276 e. The lowest BCUT2D eigenvalue weighted by Crippen LogP contribution is -2.43. The number of halogens is 1. The highest BCUT2D eigenvalue weighted by molar-refractivity contribution is 6.30. The number of hydrazine groups is 1. The quantitative estimate of drug-likeness (QED) is 0.675. The average molecular weight is 391 g/mol. The number of benzene rings is 2. The van der Waals surface area contributed by atoms with E-state index in [0.717, 1.165) is 6.42 Å². The normalized spacial score (nSPS) is 10.4. The van der Waals surface area contributed by atoms with Gasteiger partial charge in [0.1, 0.15) is 11.5 Å². The minimum atomic E-state index is -0.484. The molecule has 7 heteroatoms. The fourth-order valence-electron chi connectivity index (χ4n) is 2.05. The number of rotatable bonds is 8. The van der Waals surface area contributed by atoms with E-state index in [1.54, 1.807) is 48.5 Å². The van der Waals surface area contributed by atoms with Gasteiger partial charge in [-0.15, -0.1) is 0 Å². The molecule has 0 heterocycles. The number of amides is 2. The van der Waals surface area contributed by atoms with Gasteiger partial charge in [0.25, 0.3) is 11.8 Å². The summed E-state index contributed by atoms with van der Waals surface area (Å²) < 4.78 is 10.9. The Morgan fingerprint density at radius 1 is 1.00 bits per heavy atom. The molecule has 0 aliphatic carbocycles. The summed E-state index contributed by atoms with van der Waals surface area (Å²) in [6.45, 7) is 4.58. The molecule has 0 aromatic heterocycles. The van der Waals surface area contributed by atoms with Crippen molar-refractivity contribution in [3.05, 3.63) is 59.1 Å². The molecule has 27 heavy (non-hydrogen) atoms. The van der Waals surface area contributed by atoms with Crippen LogP contribution in [0.1, 0.15) is 30.6 Å². The Morgan fingerprint density at radius 3 is 2.44 bits per heavy atom. The molecular weight excluding hydrogens is 368 g/mol. The molecule has 0 bridgehead atoms. The molecule has 0 saturated carbocycles. The minimum absolute atomic E-state index is 0.236. The second kappa shape index (κ2) is 10.4. The van der Waals surface area contributed by atoms with Crippen LogP contribution in [0.4, 0.5) is 0 Å². The first-order valence-corrected chi connectivity index (χ1v) is 9.02. The van der Waals surface area contributed by atoms with Gasteiger partial charge in [0.2, 0.25) is 0 Å². The van der Waals surface area contributed by atoms with Gasteiger partial charge < -0.3 is 9.47 Å². The third-order valence-electron chi connectivity index (χ3n) is 3.56. The van der Waals surface area contributed by atoms with Crippen LogP contribution in [0.15, 0.2) is 48.5 Å². The van der Waals surface area contributed by atoms with Crippen LogP contribution in [0.25, 0.3) is 0 Å². The van der Waals surface area contributed by atoms with Crippen molar-refractivity contribution >= 4 is 23.4 Å². The van der Waals surface area contributed by atoms with Gasteiger partial charge in [-0.2, -0.15) is 0 Å². The van der Waals surface area contributed by atoms with E-state index in [1.165, 1.54) is 0 Å². The smallest absolute Gasteiger partial charge is 0.276 e. The van der Waals surface area contributed by atoms with Gasteiger partial charge >= 0.3 is 0 Å². The van der Waals surface area contributed by atoms with Gasteiger partial charge in [-0.3, -0.25) is 20.4 Å². The Morgan fingerprint density at radius 2 is 1.74 bits per heavy atom. The second-order valence-corrected chi connectivity index (χ2v) is 6.74. The van der Waals surface area contributed by atoms with E-state index in [9.17, 15) is 9.59 Å². The first-order valence-electron chi connectivity index (χ1n) is 8.64. The molecule has 0 fully saturated rings. The summed E-state index contributed by atoms with van der Waals surface area (Å²) in [5.41, 5.74) is 5.05. The van der Waals surface area contributed by atoms with Gasteiger partial charge in [-0.05, 0) is 54.8 Å². The molecule has 2 aromatic carbocycles. The van der Waals surface area contributed by atoms with Crippen LogP contribution < -0.4 is 20.3 Å². The summed E-state index contributed by atoms with van der Waals surface area (Å²) in [5.74, 6) is 0.737. The van der Waals surface area contributed by atoms with Crippen LogP contribution in [0.3, 0.4) is 0 Å². The molecular formula is C20H23ClN2O4. The van der Waals surface area contributed by atoms with Crippen molar-refractivity contribution in [3.8, 4) is 11.5 Å². The zero-order valence-electron chi connectivity index (χ0n) is 15.3. The molecule has 0 unspecified atom stereocenters. The van der Waals surface area contributed by atoms with Crippen molar-refractivity contribution in [2.24, 2.45) is 5.92 Å². The number of hydrogen-bond acceptors (Lipinski definition) is 4. The maximum absolute atomic E-state index is 12.2. The van der Waals surface area contributed by atoms with E-state index in [0.29, 0.717) is 34.6 Å². The fourth-order valence-corrected chi connectivity index (χ4v) is 2.18. The topological polar surface area (TPSA) is 76.7 Å². The van der Waals surface area contributed by atoms with E-state index in [1.807, 2.05) is 0 Å². The standard InChI is InChI=1S/C20H23ClN2O4/c1-14(2)10-11-26-18-5-3-4-15(12-18)20(25)23-22-19(24)13-27-17-8-6-16(21)7-9-17/h3-9,12,14H,10-11,13H2,1-2H3,(H,22,24)(H,23,25). The fraction of sp³-hybridized carbons (Fsp3) is 0.300. The van der Waals surface area contributed by atoms with Crippen molar-refractivity contribution in [2.45, 2.75) is 20.3 Å². The van der Waals surface area contributed by atoms with Gasteiger partial charge in [0, 0.05) is 10.6 Å². The van der Waals surface area contributed by atoms with Crippen molar-refractivity contribution in [1.29, 1.82) is 0 Å². The maximum atomic E-state index is 12.2. The van der Waals surface area contributed by atoms with Crippen LogP contribution in [0.2, 0.25) is 5.02 Å². The summed E-state index contributed by atoms with van der Waals surface area (Å²) >= 11 is 5.78. The van der Waals surface area contributed by atoms with Crippen molar-refractivity contribution in [3.63, 3.8) is 0 Å². The van der Waals surface area contributed by atoms with Gasteiger partial charge in [-0.1, -0.05) is 31.5 Å². The van der Waals surface area contributed by atoms with E-state index < -0.39 is 11.8 Å². The van der Waals surface area contributed by atoms with Crippen molar-refractivity contribution in [1.82, 2.24) is 10.9 Å². The molecule has 0 saturated heterocycles. The van der Waals surface area contributed by atoms with Gasteiger partial charge in [-0.25, -0.2) is 0 Å². The molecule has 2 amide bonds. The third-order valence-corrected chi connectivity index (χ3v) is 3.81. The molecule has 0 radical (unpaired) electrons. The molecule has 0 atom stereocenters. The summed E-state index contributed by atoms with van der Waals surface area (Å²) in [6, 6.07) is 13.4. The van der Waals surface area contributed by atoms with Crippen LogP contribution in [-0.2, 0) is 4.79 Å². The number of carbonyl (C=O) groups excluding carboxylic acids is 2. The molecule has 0 aliphatic rings. The Balaban J connectivity index is 1.77. The molecule has 2 N–H and O–H groups in total. The zero-order valence-corrected chi connectivity index (χ0v) is 16.1. The Bertz CT molecular complexity index is 763. The van der Waals surface area contributed by atoms with E-state index in [4.69, 9.17) is 21.1 Å². The summed E-state index contributed by atoms with van der Waals surface area (Å²) in [7, 11) is 0. The first-order chi connectivity index (χ1) is 12.9. The molecule has 6 nitrogen and oxygen atoms in total. The van der Waals surface area contributed by atoms with Crippen molar-refractivity contribution < 1.29 is 19.1 Å². The predicted octanol–water partition coefficient (Wildman–Crippen LogP) is 3.60. The molecule has 144 valence electrons. The highest BCUT2D eigenvalue weighted by Gasteiger charge is 2.09. The Labute approximate surface area is 163 Å². The first kappa shape index (κ1) is 20.6. The van der Waals surface area contributed by atoms with Gasteiger partial charge in [0.05, 0.1) is 6.61 Å². The van der Waals surface area contributed by atoms with Crippen molar-refractivity contribution in [2.75, 3.05) is 13.2 Å². The summed E-state index contributed by atoms with van der Waals surface area (Å²) in [5, 5.41) is 0.578. The SMILES string of the molecule is CC(C)CCOc1cccc(C(=O)NNC(=O)COc2ccc(Cl)cc2)c1. The summed E-state index contributed by atoms with van der Waals surface area (Å²) in [4.78, 5) is 23.9. The van der Waals surface area contributed by atoms with Crippen LogP contribution in [-0.4, -0.2) is 25.0 Å². The number of nitrogens with one attached hydrogen (secondary N) is 2. The zero-order chi connectivity index (χ0) is 19.6.